The van der Waals surface area contributed by atoms with Crippen LogP contribution in [0.1, 0.15) is 5.56 Å². The second-order valence-corrected chi connectivity index (χ2v) is 4.89. The third-order valence-corrected chi connectivity index (χ3v) is 2.91. The number of aromatic nitrogens is 3. The molecule has 0 aliphatic rings. The molecular weight excluding hydrogens is 271 g/mol. The number of nitrogens with one attached hydrogen (secondary N) is 1. The minimum atomic E-state index is -0.242. The molecule has 7 heteroatoms. The lowest BCUT2D eigenvalue weighted by molar-refractivity contribution is 0.627. The van der Waals surface area contributed by atoms with Crippen LogP contribution in [0.3, 0.4) is 0 Å². The van der Waals surface area contributed by atoms with Crippen molar-refractivity contribution in [2.75, 3.05) is 43.3 Å². The average molecular weight is 290 g/mol. The molecule has 0 atom stereocenters. The Kier molecular flexibility index (Phi) is 4.52. The van der Waals surface area contributed by atoms with Crippen molar-refractivity contribution in [2.24, 2.45) is 0 Å². The summed E-state index contributed by atoms with van der Waals surface area (Å²) < 4.78 is 12.9. The largest absolute Gasteiger partial charge is 0.357 e. The summed E-state index contributed by atoms with van der Waals surface area (Å²) in [6.07, 6.45) is 0. The van der Waals surface area contributed by atoms with E-state index in [0.29, 0.717) is 24.4 Å². The number of nitrogens with zero attached hydrogens (tertiary/aromatic N) is 5. The summed E-state index contributed by atoms with van der Waals surface area (Å²) in [6, 6.07) is 6.39. The van der Waals surface area contributed by atoms with Gasteiger partial charge in [-0.2, -0.15) is 15.0 Å². The molecule has 0 bridgehead atoms. The molecule has 0 aliphatic carbocycles. The van der Waals surface area contributed by atoms with E-state index in [1.807, 2.05) is 30.9 Å². The third-order valence-electron chi connectivity index (χ3n) is 2.91. The van der Waals surface area contributed by atoms with Crippen molar-refractivity contribution in [1.82, 2.24) is 15.0 Å². The first-order valence-electron chi connectivity index (χ1n) is 6.56. The van der Waals surface area contributed by atoms with Gasteiger partial charge in [0.25, 0.3) is 0 Å². The highest BCUT2D eigenvalue weighted by molar-refractivity contribution is 5.44. The van der Waals surface area contributed by atoms with Gasteiger partial charge in [0.1, 0.15) is 5.82 Å². The summed E-state index contributed by atoms with van der Waals surface area (Å²) in [6.45, 7) is 0.584. The van der Waals surface area contributed by atoms with Gasteiger partial charge in [0.2, 0.25) is 17.8 Å². The van der Waals surface area contributed by atoms with E-state index >= 15 is 0 Å². The van der Waals surface area contributed by atoms with Gasteiger partial charge >= 0.3 is 0 Å². The van der Waals surface area contributed by atoms with Crippen LogP contribution in [0.4, 0.5) is 22.2 Å². The van der Waals surface area contributed by atoms with Gasteiger partial charge in [-0.15, -0.1) is 0 Å². The second-order valence-electron chi connectivity index (χ2n) is 4.89. The third kappa shape index (κ3) is 3.77. The van der Waals surface area contributed by atoms with Gasteiger partial charge in [0, 0.05) is 34.7 Å². The molecule has 2 rings (SSSR count). The smallest absolute Gasteiger partial charge is 0.232 e. The minimum absolute atomic E-state index is 0.242. The van der Waals surface area contributed by atoms with Crippen LogP contribution in [-0.2, 0) is 6.54 Å². The summed E-state index contributed by atoms with van der Waals surface area (Å²) in [4.78, 5) is 16.7. The lowest BCUT2D eigenvalue weighted by Gasteiger charge is -2.19. The maximum absolute atomic E-state index is 12.9. The number of hydrogen-bond acceptors (Lipinski definition) is 6. The quantitative estimate of drug-likeness (QED) is 0.905. The molecule has 0 saturated carbocycles. The molecule has 0 saturated heterocycles. The van der Waals surface area contributed by atoms with Gasteiger partial charge in [-0.25, -0.2) is 4.39 Å². The first-order chi connectivity index (χ1) is 9.99. The molecule has 1 heterocycles. The Morgan fingerprint density at radius 2 is 1.62 bits per heavy atom. The molecule has 0 aliphatic heterocycles. The van der Waals surface area contributed by atoms with Gasteiger partial charge in [0.05, 0.1) is 0 Å². The average Bonchev–Trinajstić information content (AvgIpc) is 2.49. The molecule has 0 fully saturated rings. The van der Waals surface area contributed by atoms with E-state index in [1.54, 1.807) is 19.2 Å². The fourth-order valence-corrected chi connectivity index (χ4v) is 1.77. The molecule has 1 aromatic carbocycles. The van der Waals surface area contributed by atoms with Crippen LogP contribution in [0, 0.1) is 5.82 Å². The maximum atomic E-state index is 12.9. The van der Waals surface area contributed by atoms with E-state index in [0.717, 1.165) is 5.56 Å². The zero-order valence-electron chi connectivity index (χ0n) is 12.6. The van der Waals surface area contributed by atoms with E-state index in [4.69, 9.17) is 0 Å². The Morgan fingerprint density at radius 3 is 2.19 bits per heavy atom. The SMILES string of the molecule is CNc1nc(N(C)C)nc(N(C)Cc2ccc(F)cc2)n1. The van der Waals surface area contributed by atoms with E-state index in [-0.39, 0.29) is 5.82 Å². The topological polar surface area (TPSA) is 57.2 Å². The molecular formula is C14H19FN6. The Bertz CT molecular complexity index is 599. The number of halogens is 1. The van der Waals surface area contributed by atoms with Gasteiger partial charge in [-0.3, -0.25) is 0 Å². The van der Waals surface area contributed by atoms with Crippen LogP contribution in [0.2, 0.25) is 0 Å². The predicted octanol–water partition coefficient (Wildman–Crippen LogP) is 1.75. The van der Waals surface area contributed by atoms with Crippen LogP contribution >= 0.6 is 0 Å². The summed E-state index contributed by atoms with van der Waals surface area (Å²) in [7, 11) is 7.40. The highest BCUT2D eigenvalue weighted by atomic mass is 19.1. The van der Waals surface area contributed by atoms with Gasteiger partial charge < -0.3 is 15.1 Å². The summed E-state index contributed by atoms with van der Waals surface area (Å²) in [5.74, 6) is 1.40. The zero-order chi connectivity index (χ0) is 15.4. The molecule has 0 amide bonds. The number of benzene rings is 1. The lowest BCUT2D eigenvalue weighted by Crippen LogP contribution is -2.22. The van der Waals surface area contributed by atoms with Crippen molar-refractivity contribution in [1.29, 1.82) is 0 Å². The number of hydrogen-bond donors (Lipinski definition) is 1. The Balaban J connectivity index is 2.23. The molecule has 0 spiro atoms. The van der Waals surface area contributed by atoms with Crippen LogP contribution in [0.25, 0.3) is 0 Å². The molecule has 1 N–H and O–H groups in total. The van der Waals surface area contributed by atoms with Gasteiger partial charge in [-0.05, 0) is 17.7 Å². The fraction of sp³-hybridized carbons (Fsp3) is 0.357. The van der Waals surface area contributed by atoms with Crippen molar-refractivity contribution in [2.45, 2.75) is 6.54 Å². The Hall–Kier alpha value is -2.44. The first kappa shape index (κ1) is 15.0. The lowest BCUT2D eigenvalue weighted by atomic mass is 10.2. The minimum Gasteiger partial charge on any atom is -0.357 e. The van der Waals surface area contributed by atoms with Crippen molar-refractivity contribution < 1.29 is 4.39 Å². The van der Waals surface area contributed by atoms with Crippen LogP contribution in [0.5, 0.6) is 0 Å². The Morgan fingerprint density at radius 1 is 1.00 bits per heavy atom. The zero-order valence-corrected chi connectivity index (χ0v) is 12.6. The second kappa shape index (κ2) is 6.34. The summed E-state index contributed by atoms with van der Waals surface area (Å²) >= 11 is 0. The number of rotatable bonds is 5. The predicted molar refractivity (Wildman–Crippen MR) is 82.2 cm³/mol. The monoisotopic (exact) mass is 290 g/mol. The molecule has 0 unspecified atom stereocenters. The van der Waals surface area contributed by atoms with Crippen molar-refractivity contribution in [3.63, 3.8) is 0 Å². The van der Waals surface area contributed by atoms with Gasteiger partial charge in [0.15, 0.2) is 0 Å². The molecule has 0 radical (unpaired) electrons. The van der Waals surface area contributed by atoms with Crippen molar-refractivity contribution >= 4 is 17.8 Å². The molecule has 6 nitrogen and oxygen atoms in total. The molecule has 1 aromatic heterocycles. The van der Waals surface area contributed by atoms with Crippen LogP contribution < -0.4 is 15.1 Å². The van der Waals surface area contributed by atoms with E-state index in [2.05, 4.69) is 20.3 Å². The highest BCUT2D eigenvalue weighted by Gasteiger charge is 2.11. The van der Waals surface area contributed by atoms with Crippen LogP contribution in [-0.4, -0.2) is 43.1 Å². The summed E-state index contributed by atoms with van der Waals surface area (Å²) in [5.41, 5.74) is 0.983. The van der Waals surface area contributed by atoms with Crippen molar-refractivity contribution in [3.05, 3.63) is 35.6 Å². The van der Waals surface area contributed by atoms with E-state index in [1.165, 1.54) is 12.1 Å². The normalized spacial score (nSPS) is 10.3. The Labute approximate surface area is 123 Å². The molecule has 2 aromatic rings. The first-order valence-corrected chi connectivity index (χ1v) is 6.56. The van der Waals surface area contributed by atoms with E-state index < -0.39 is 0 Å². The number of anilines is 3. The van der Waals surface area contributed by atoms with E-state index in [9.17, 15) is 4.39 Å². The molecule has 112 valence electrons. The van der Waals surface area contributed by atoms with Crippen LogP contribution in [0.15, 0.2) is 24.3 Å². The van der Waals surface area contributed by atoms with Crippen molar-refractivity contribution in [3.8, 4) is 0 Å². The summed E-state index contributed by atoms with van der Waals surface area (Å²) in [5, 5.41) is 2.92. The maximum Gasteiger partial charge on any atom is 0.232 e. The molecule has 21 heavy (non-hydrogen) atoms. The fourth-order valence-electron chi connectivity index (χ4n) is 1.77. The standard InChI is InChI=1S/C14H19FN6/c1-16-12-17-13(20(2)3)19-14(18-12)21(4)9-10-5-7-11(15)8-6-10/h5-8H,9H2,1-4H3,(H,16,17,18,19). The highest BCUT2D eigenvalue weighted by Crippen LogP contribution is 2.16. The van der Waals surface area contributed by atoms with Gasteiger partial charge in [-0.1, -0.05) is 12.1 Å².